The van der Waals surface area contributed by atoms with Gasteiger partial charge in [0.05, 0.1) is 19.4 Å². The lowest BCUT2D eigenvalue weighted by atomic mass is 10.3. The summed E-state index contributed by atoms with van der Waals surface area (Å²) < 4.78 is 10.3. The predicted molar refractivity (Wildman–Crippen MR) is 101 cm³/mol. The summed E-state index contributed by atoms with van der Waals surface area (Å²) in [5.74, 6) is 0.843. The second-order valence-electron chi connectivity index (χ2n) is 6.34. The summed E-state index contributed by atoms with van der Waals surface area (Å²) in [6.45, 7) is 3.08. The van der Waals surface area contributed by atoms with Crippen LogP contribution in [0.25, 0.3) is 11.4 Å². The van der Waals surface area contributed by atoms with Gasteiger partial charge < -0.3 is 19.2 Å². The number of nitrogens with one attached hydrogen (secondary N) is 1. The van der Waals surface area contributed by atoms with Crippen LogP contribution < -0.4 is 5.32 Å². The zero-order valence-corrected chi connectivity index (χ0v) is 15.9. The first kappa shape index (κ1) is 18.4. The molecule has 146 valence electrons. The van der Waals surface area contributed by atoms with Crippen molar-refractivity contribution in [2.75, 3.05) is 32.7 Å². The van der Waals surface area contributed by atoms with E-state index >= 15 is 0 Å². The maximum atomic E-state index is 12.3. The average molecular weight is 401 g/mol. The minimum absolute atomic E-state index is 0.0484. The Labute approximate surface area is 164 Å². The summed E-state index contributed by atoms with van der Waals surface area (Å²) in [6.07, 6.45) is 1.42. The maximum absolute atomic E-state index is 12.3. The van der Waals surface area contributed by atoms with Gasteiger partial charge in [-0.2, -0.15) is 16.3 Å². The number of nitrogens with zero attached hydrogens (tertiary/aromatic N) is 4. The number of thiophene rings is 1. The molecule has 0 atom stereocenters. The van der Waals surface area contributed by atoms with Gasteiger partial charge in [-0.1, -0.05) is 5.16 Å². The predicted octanol–water partition coefficient (Wildman–Crippen LogP) is 1.47. The highest BCUT2D eigenvalue weighted by Gasteiger charge is 2.23. The summed E-state index contributed by atoms with van der Waals surface area (Å²) in [6, 6.07) is 5.14. The minimum atomic E-state index is -0.394. The first-order valence-corrected chi connectivity index (χ1v) is 9.80. The van der Waals surface area contributed by atoms with Gasteiger partial charge in [0.1, 0.15) is 0 Å². The summed E-state index contributed by atoms with van der Waals surface area (Å²) >= 11 is 1.59. The molecule has 3 aromatic heterocycles. The number of carbonyl (C=O) groups is 2. The molecule has 0 aromatic carbocycles. The van der Waals surface area contributed by atoms with Gasteiger partial charge in [0.2, 0.25) is 17.6 Å². The van der Waals surface area contributed by atoms with Crippen LogP contribution in [0.5, 0.6) is 0 Å². The fourth-order valence-electron chi connectivity index (χ4n) is 2.94. The molecule has 0 radical (unpaired) electrons. The van der Waals surface area contributed by atoms with E-state index in [4.69, 9.17) is 8.94 Å². The van der Waals surface area contributed by atoms with Gasteiger partial charge in [0, 0.05) is 37.1 Å². The average Bonchev–Trinajstić information content (AvgIpc) is 3.48. The lowest BCUT2D eigenvalue weighted by Gasteiger charge is -2.33. The van der Waals surface area contributed by atoms with Gasteiger partial charge in [-0.3, -0.25) is 14.5 Å². The molecule has 1 aliphatic heterocycles. The van der Waals surface area contributed by atoms with Crippen molar-refractivity contribution in [3.05, 3.63) is 46.9 Å². The number of carbonyl (C=O) groups excluding carboxylic acids is 2. The van der Waals surface area contributed by atoms with Crippen LogP contribution in [0.4, 0.5) is 0 Å². The molecule has 4 rings (SSSR count). The Morgan fingerprint density at radius 3 is 2.79 bits per heavy atom. The summed E-state index contributed by atoms with van der Waals surface area (Å²) in [4.78, 5) is 32.4. The maximum Gasteiger partial charge on any atom is 0.287 e. The van der Waals surface area contributed by atoms with E-state index in [0.29, 0.717) is 44.4 Å². The second kappa shape index (κ2) is 8.36. The quantitative estimate of drug-likeness (QED) is 0.667. The first-order valence-electron chi connectivity index (χ1n) is 8.86. The zero-order valence-electron chi connectivity index (χ0n) is 15.0. The normalized spacial score (nSPS) is 14.9. The Hall–Kier alpha value is -2.98. The smallest absolute Gasteiger partial charge is 0.287 e. The van der Waals surface area contributed by atoms with Crippen molar-refractivity contribution >= 4 is 23.2 Å². The third kappa shape index (κ3) is 4.29. The van der Waals surface area contributed by atoms with E-state index in [-0.39, 0.29) is 18.2 Å². The Bertz CT molecular complexity index is 914. The molecule has 0 unspecified atom stereocenters. The van der Waals surface area contributed by atoms with Crippen LogP contribution in [-0.2, 0) is 11.3 Å². The number of hydrogen-bond acceptors (Lipinski definition) is 8. The van der Waals surface area contributed by atoms with Crippen molar-refractivity contribution in [3.63, 3.8) is 0 Å². The third-order valence-electron chi connectivity index (χ3n) is 4.48. The number of aromatic nitrogens is 2. The summed E-state index contributed by atoms with van der Waals surface area (Å²) in [7, 11) is 0. The molecule has 0 spiro atoms. The molecule has 2 amide bonds. The number of furan rings is 1. The Kier molecular flexibility index (Phi) is 5.49. The van der Waals surface area contributed by atoms with Crippen molar-refractivity contribution in [1.82, 2.24) is 25.3 Å². The van der Waals surface area contributed by atoms with Crippen LogP contribution in [-0.4, -0.2) is 64.5 Å². The van der Waals surface area contributed by atoms with Crippen molar-refractivity contribution in [3.8, 4) is 11.4 Å². The molecular weight excluding hydrogens is 382 g/mol. The highest BCUT2D eigenvalue weighted by atomic mass is 32.1. The molecule has 1 fully saturated rings. The van der Waals surface area contributed by atoms with E-state index in [1.807, 2.05) is 16.8 Å². The van der Waals surface area contributed by atoms with E-state index in [1.165, 1.54) is 6.26 Å². The van der Waals surface area contributed by atoms with Gasteiger partial charge in [0.15, 0.2) is 5.76 Å². The van der Waals surface area contributed by atoms with Crippen LogP contribution in [0.2, 0.25) is 0 Å². The van der Waals surface area contributed by atoms with Gasteiger partial charge in [-0.05, 0) is 23.6 Å². The summed E-state index contributed by atoms with van der Waals surface area (Å²) in [5.41, 5.74) is 0.951. The van der Waals surface area contributed by atoms with Crippen molar-refractivity contribution in [2.45, 2.75) is 6.54 Å². The number of rotatable bonds is 6. The standard InChI is InChI=1S/C18H19N5O4S/c24-16(10-19-18(25)14-2-1-8-26-14)23-6-4-22(5-7-23)11-15-20-17(21-27-15)13-3-9-28-12-13/h1-3,8-9,12H,4-7,10-11H2,(H,19,25). The van der Waals surface area contributed by atoms with Crippen molar-refractivity contribution < 1.29 is 18.5 Å². The first-order chi connectivity index (χ1) is 13.7. The topological polar surface area (TPSA) is 105 Å². The zero-order chi connectivity index (χ0) is 19.3. The SMILES string of the molecule is O=C(NCC(=O)N1CCN(Cc2nc(-c3ccsc3)no2)CC1)c1ccco1. The fourth-order valence-corrected chi connectivity index (χ4v) is 3.57. The van der Waals surface area contributed by atoms with E-state index in [0.717, 1.165) is 5.56 Å². The number of hydrogen-bond donors (Lipinski definition) is 1. The van der Waals surface area contributed by atoms with Gasteiger partial charge in [0.25, 0.3) is 5.91 Å². The number of amides is 2. The molecule has 10 heteroatoms. The van der Waals surface area contributed by atoms with Crippen molar-refractivity contribution in [2.24, 2.45) is 0 Å². The largest absolute Gasteiger partial charge is 0.459 e. The van der Waals surface area contributed by atoms with Crippen LogP contribution in [0.3, 0.4) is 0 Å². The monoisotopic (exact) mass is 401 g/mol. The summed E-state index contributed by atoms with van der Waals surface area (Å²) in [5, 5.41) is 10.5. The van der Waals surface area contributed by atoms with Crippen LogP contribution in [0.15, 0.2) is 44.2 Å². The molecule has 1 aliphatic rings. The van der Waals surface area contributed by atoms with Gasteiger partial charge in [-0.15, -0.1) is 0 Å². The lowest BCUT2D eigenvalue weighted by molar-refractivity contribution is -0.131. The van der Waals surface area contributed by atoms with E-state index in [1.54, 1.807) is 28.4 Å². The molecule has 3 aromatic rings. The van der Waals surface area contributed by atoms with Crippen LogP contribution in [0, 0.1) is 0 Å². The molecular formula is C18H19N5O4S. The highest BCUT2D eigenvalue weighted by molar-refractivity contribution is 7.08. The molecule has 4 heterocycles. The molecule has 9 nitrogen and oxygen atoms in total. The lowest BCUT2D eigenvalue weighted by Crippen LogP contribution is -2.50. The minimum Gasteiger partial charge on any atom is -0.459 e. The Balaban J connectivity index is 1.22. The van der Waals surface area contributed by atoms with Gasteiger partial charge in [-0.25, -0.2) is 0 Å². The van der Waals surface area contributed by atoms with E-state index in [9.17, 15) is 9.59 Å². The molecule has 0 saturated carbocycles. The van der Waals surface area contributed by atoms with E-state index in [2.05, 4.69) is 20.4 Å². The fraction of sp³-hybridized carbons (Fsp3) is 0.333. The highest BCUT2D eigenvalue weighted by Crippen LogP contribution is 2.19. The molecule has 0 aliphatic carbocycles. The van der Waals surface area contributed by atoms with Crippen LogP contribution >= 0.6 is 11.3 Å². The van der Waals surface area contributed by atoms with Crippen LogP contribution in [0.1, 0.15) is 16.4 Å². The van der Waals surface area contributed by atoms with E-state index < -0.39 is 5.91 Å². The van der Waals surface area contributed by atoms with Gasteiger partial charge >= 0.3 is 0 Å². The Morgan fingerprint density at radius 2 is 2.07 bits per heavy atom. The molecule has 0 bridgehead atoms. The Morgan fingerprint density at radius 1 is 1.21 bits per heavy atom. The molecule has 1 saturated heterocycles. The van der Waals surface area contributed by atoms with Crippen molar-refractivity contribution in [1.29, 1.82) is 0 Å². The third-order valence-corrected chi connectivity index (χ3v) is 5.16. The molecule has 1 N–H and O–H groups in total. The second-order valence-corrected chi connectivity index (χ2v) is 7.12. The molecule has 28 heavy (non-hydrogen) atoms. The number of piperazine rings is 1.